The van der Waals surface area contributed by atoms with Crippen LogP contribution in [0.2, 0.25) is 0 Å². The van der Waals surface area contributed by atoms with Crippen molar-refractivity contribution in [2.75, 3.05) is 6.61 Å². The third-order valence-corrected chi connectivity index (χ3v) is 4.23. The lowest BCUT2D eigenvalue weighted by Crippen LogP contribution is -2.49. The van der Waals surface area contributed by atoms with E-state index < -0.39 is 24.7 Å². The highest BCUT2D eigenvalue weighted by Gasteiger charge is 2.47. The third kappa shape index (κ3) is 1.96. The van der Waals surface area contributed by atoms with Crippen molar-refractivity contribution in [2.45, 2.75) is 18.4 Å². The van der Waals surface area contributed by atoms with Gasteiger partial charge in [-0.2, -0.15) is 0 Å². The van der Waals surface area contributed by atoms with Crippen molar-refractivity contribution < 1.29 is 18.3 Å². The SMILES string of the molecule is O=C1N[C@H](c2ccc3c(c2)Cc2ccccc2-3)C(F)(F)CO1. The molecule has 0 aromatic heterocycles. The topological polar surface area (TPSA) is 38.3 Å². The smallest absolute Gasteiger partial charge is 0.408 e. The Hall–Kier alpha value is -2.43. The van der Waals surface area contributed by atoms with Crippen LogP contribution >= 0.6 is 0 Å². The molecule has 4 rings (SSSR count). The van der Waals surface area contributed by atoms with Gasteiger partial charge in [0.25, 0.3) is 0 Å². The van der Waals surface area contributed by atoms with Gasteiger partial charge in [0, 0.05) is 0 Å². The van der Waals surface area contributed by atoms with E-state index in [0.29, 0.717) is 5.56 Å². The van der Waals surface area contributed by atoms with Crippen molar-refractivity contribution >= 4 is 6.09 Å². The van der Waals surface area contributed by atoms with Gasteiger partial charge in [0.15, 0.2) is 6.61 Å². The fourth-order valence-electron chi connectivity index (χ4n) is 3.18. The molecule has 0 saturated carbocycles. The van der Waals surface area contributed by atoms with Gasteiger partial charge in [-0.3, -0.25) is 0 Å². The fraction of sp³-hybridized carbons (Fsp3) is 0.235. The summed E-state index contributed by atoms with van der Waals surface area (Å²) in [6.07, 6.45) is -0.0815. The summed E-state index contributed by atoms with van der Waals surface area (Å²) in [6.45, 7) is -0.888. The van der Waals surface area contributed by atoms with Gasteiger partial charge in [-0.25, -0.2) is 13.6 Å². The Balaban J connectivity index is 1.74. The van der Waals surface area contributed by atoms with Gasteiger partial charge in [-0.1, -0.05) is 42.5 Å². The van der Waals surface area contributed by atoms with Gasteiger partial charge in [-0.15, -0.1) is 0 Å². The number of hydrogen-bond donors (Lipinski definition) is 1. The van der Waals surface area contributed by atoms with Crippen LogP contribution in [0.4, 0.5) is 13.6 Å². The van der Waals surface area contributed by atoms with Gasteiger partial charge < -0.3 is 10.1 Å². The summed E-state index contributed by atoms with van der Waals surface area (Å²) in [7, 11) is 0. The van der Waals surface area contributed by atoms with E-state index >= 15 is 0 Å². The Morgan fingerprint density at radius 3 is 2.73 bits per heavy atom. The molecule has 1 aliphatic carbocycles. The zero-order chi connectivity index (χ0) is 15.3. The van der Waals surface area contributed by atoms with E-state index in [2.05, 4.69) is 10.1 Å². The lowest BCUT2D eigenvalue weighted by molar-refractivity contribution is -0.104. The quantitative estimate of drug-likeness (QED) is 0.744. The van der Waals surface area contributed by atoms with Crippen molar-refractivity contribution in [2.24, 2.45) is 0 Å². The summed E-state index contributed by atoms with van der Waals surface area (Å²) in [4.78, 5) is 11.3. The van der Waals surface area contributed by atoms with Crippen molar-refractivity contribution in [3.8, 4) is 11.1 Å². The lowest BCUT2D eigenvalue weighted by atomic mass is 9.95. The molecule has 2 aliphatic rings. The molecular formula is C17H13F2NO2. The van der Waals surface area contributed by atoms with Crippen LogP contribution in [0.3, 0.4) is 0 Å². The molecule has 5 heteroatoms. The van der Waals surface area contributed by atoms with Crippen LogP contribution in [-0.4, -0.2) is 18.6 Å². The van der Waals surface area contributed by atoms with Crippen LogP contribution in [0.5, 0.6) is 0 Å². The standard InChI is InChI=1S/C17H13F2NO2/c18-17(19)9-22-16(21)20-15(17)11-5-6-14-12(8-11)7-10-3-1-2-4-13(10)14/h1-6,8,15H,7,9H2,(H,20,21)/t15-/m1/s1. The number of rotatable bonds is 1. The second-order valence-corrected chi connectivity index (χ2v) is 5.67. The molecule has 22 heavy (non-hydrogen) atoms. The summed E-state index contributed by atoms with van der Waals surface area (Å²) in [5, 5.41) is 2.22. The highest BCUT2D eigenvalue weighted by molar-refractivity contribution is 5.77. The van der Waals surface area contributed by atoms with Crippen LogP contribution in [0, 0.1) is 0 Å². The number of benzene rings is 2. The number of carbonyl (C=O) groups is 1. The zero-order valence-electron chi connectivity index (χ0n) is 11.6. The maximum absolute atomic E-state index is 14.0. The van der Waals surface area contributed by atoms with E-state index in [1.807, 2.05) is 30.3 Å². The molecule has 1 aliphatic heterocycles. The minimum Gasteiger partial charge on any atom is -0.443 e. The van der Waals surface area contributed by atoms with Gasteiger partial charge in [-0.05, 0) is 34.2 Å². The van der Waals surface area contributed by atoms with E-state index in [-0.39, 0.29) is 0 Å². The molecule has 0 radical (unpaired) electrons. The number of alkyl halides is 2. The first kappa shape index (κ1) is 13.2. The van der Waals surface area contributed by atoms with E-state index in [4.69, 9.17) is 0 Å². The van der Waals surface area contributed by atoms with Crippen LogP contribution < -0.4 is 5.32 Å². The molecule has 0 unspecified atom stereocenters. The molecule has 0 spiro atoms. The minimum atomic E-state index is -3.12. The van der Waals surface area contributed by atoms with Crippen LogP contribution in [-0.2, 0) is 11.2 Å². The maximum Gasteiger partial charge on any atom is 0.408 e. The second kappa shape index (κ2) is 4.53. The molecule has 0 bridgehead atoms. The number of nitrogens with one attached hydrogen (secondary N) is 1. The van der Waals surface area contributed by atoms with Crippen molar-refractivity contribution in [3.05, 3.63) is 59.2 Å². The molecule has 2 aromatic carbocycles. The van der Waals surface area contributed by atoms with E-state index in [1.54, 1.807) is 12.1 Å². The van der Waals surface area contributed by atoms with Crippen molar-refractivity contribution in [1.29, 1.82) is 0 Å². The number of carbonyl (C=O) groups excluding carboxylic acids is 1. The van der Waals surface area contributed by atoms with Crippen LogP contribution in [0.15, 0.2) is 42.5 Å². The molecule has 1 fully saturated rings. The number of cyclic esters (lactones) is 1. The maximum atomic E-state index is 14.0. The first-order chi connectivity index (χ1) is 10.5. The number of halogens is 2. The van der Waals surface area contributed by atoms with E-state index in [1.165, 1.54) is 5.56 Å². The number of hydrogen-bond acceptors (Lipinski definition) is 2. The Labute approximate surface area is 125 Å². The van der Waals surface area contributed by atoms with Crippen molar-refractivity contribution in [3.63, 3.8) is 0 Å². The molecule has 112 valence electrons. The summed E-state index contributed by atoms with van der Waals surface area (Å²) < 4.78 is 32.4. The zero-order valence-corrected chi connectivity index (χ0v) is 11.6. The summed E-state index contributed by atoms with van der Waals surface area (Å²) in [6, 6.07) is 11.9. The van der Waals surface area contributed by atoms with Crippen molar-refractivity contribution in [1.82, 2.24) is 5.32 Å². The highest BCUT2D eigenvalue weighted by atomic mass is 19.3. The van der Waals surface area contributed by atoms with Gasteiger partial charge in [0.05, 0.1) is 0 Å². The monoisotopic (exact) mass is 301 g/mol. The summed E-state index contributed by atoms with van der Waals surface area (Å²) in [5.41, 5.74) is 4.83. The second-order valence-electron chi connectivity index (χ2n) is 5.67. The molecule has 1 saturated heterocycles. The third-order valence-electron chi connectivity index (χ3n) is 4.23. The van der Waals surface area contributed by atoms with Gasteiger partial charge in [0.2, 0.25) is 0 Å². The van der Waals surface area contributed by atoms with Gasteiger partial charge in [0.1, 0.15) is 6.04 Å². The minimum absolute atomic E-state index is 0.410. The number of fused-ring (bicyclic) bond motifs is 3. The molecule has 1 atom stereocenters. The first-order valence-electron chi connectivity index (χ1n) is 7.07. The van der Waals surface area contributed by atoms with E-state index in [0.717, 1.165) is 23.1 Å². The summed E-state index contributed by atoms with van der Waals surface area (Å²) in [5.74, 6) is -3.12. The highest BCUT2D eigenvalue weighted by Crippen LogP contribution is 2.40. The first-order valence-corrected chi connectivity index (χ1v) is 7.07. The fourth-order valence-corrected chi connectivity index (χ4v) is 3.18. The Morgan fingerprint density at radius 1 is 1.09 bits per heavy atom. The van der Waals surface area contributed by atoms with E-state index in [9.17, 15) is 13.6 Å². The molecule has 1 N–H and O–H groups in total. The molecule has 2 aromatic rings. The molecule has 1 amide bonds. The Bertz CT molecular complexity index is 773. The van der Waals surface area contributed by atoms with Crippen LogP contribution in [0.1, 0.15) is 22.7 Å². The average molecular weight is 301 g/mol. The number of alkyl carbamates (subject to hydrolysis) is 1. The molecule has 1 heterocycles. The van der Waals surface area contributed by atoms with Crippen LogP contribution in [0.25, 0.3) is 11.1 Å². The van der Waals surface area contributed by atoms with Gasteiger partial charge >= 0.3 is 12.0 Å². The summed E-state index contributed by atoms with van der Waals surface area (Å²) >= 11 is 0. The Kier molecular flexibility index (Phi) is 2.73. The number of amides is 1. The predicted molar refractivity (Wildman–Crippen MR) is 76.9 cm³/mol. The number of ether oxygens (including phenoxy) is 1. The lowest BCUT2D eigenvalue weighted by Gasteiger charge is -2.32. The Morgan fingerprint density at radius 2 is 1.86 bits per heavy atom. The predicted octanol–water partition coefficient (Wildman–Crippen LogP) is 3.67. The largest absolute Gasteiger partial charge is 0.443 e. The normalized spacial score (nSPS) is 21.5. The molecular weight excluding hydrogens is 288 g/mol. The average Bonchev–Trinajstić information content (AvgIpc) is 2.87. The molecule has 3 nitrogen and oxygen atoms in total.